The molecule has 12 heteroatoms. The third kappa shape index (κ3) is 8.18. The molecule has 0 aliphatic carbocycles. The summed E-state index contributed by atoms with van der Waals surface area (Å²) in [5, 5.41) is 6.63. The van der Waals surface area contributed by atoms with Gasteiger partial charge in [-0.25, -0.2) is 16.8 Å². The summed E-state index contributed by atoms with van der Waals surface area (Å²) in [5.74, 6) is 1.08. The minimum Gasteiger partial charge on any atom is -0.490 e. The Morgan fingerprint density at radius 2 is 0.891 bits per heavy atom. The van der Waals surface area contributed by atoms with E-state index in [0.29, 0.717) is 36.0 Å². The molecular weight excluding hydrogens is 625 g/mol. The van der Waals surface area contributed by atoms with Crippen LogP contribution in [0.4, 0.5) is 11.4 Å². The van der Waals surface area contributed by atoms with E-state index in [1.807, 2.05) is 50.2 Å². The lowest BCUT2D eigenvalue weighted by Crippen LogP contribution is -2.38. The molecule has 0 unspecified atom stereocenters. The molecule has 10 nitrogen and oxygen atoms in total. The molecule has 0 fully saturated rings. The van der Waals surface area contributed by atoms with Crippen LogP contribution in [-0.4, -0.2) is 77.9 Å². The molecule has 0 bridgehead atoms. The van der Waals surface area contributed by atoms with Crippen molar-refractivity contribution in [2.45, 2.75) is 23.6 Å². The molecule has 4 aromatic rings. The van der Waals surface area contributed by atoms with Crippen LogP contribution in [0, 0.1) is 13.8 Å². The lowest BCUT2D eigenvalue weighted by molar-refractivity contribution is 0.238. The molecule has 1 aliphatic heterocycles. The number of anilines is 2. The van der Waals surface area contributed by atoms with Crippen molar-refractivity contribution >= 4 is 31.4 Å². The molecule has 0 aromatic heterocycles. The third-order valence-electron chi connectivity index (χ3n) is 7.64. The number of ether oxygens (including phenoxy) is 2. The van der Waals surface area contributed by atoms with Gasteiger partial charge in [0.2, 0.25) is 20.0 Å². The average molecular weight is 665 g/mol. The second kappa shape index (κ2) is 15.0. The Balaban J connectivity index is 1.41. The van der Waals surface area contributed by atoms with E-state index < -0.39 is 20.0 Å². The smallest absolute Gasteiger partial charge is 0.243 e. The van der Waals surface area contributed by atoms with Gasteiger partial charge in [0.15, 0.2) is 0 Å². The van der Waals surface area contributed by atoms with Gasteiger partial charge >= 0.3 is 0 Å². The Bertz CT molecular complexity index is 1620. The number of benzene rings is 4. The first kappa shape index (κ1) is 33.3. The molecule has 5 rings (SSSR count). The maximum atomic E-state index is 13.7. The van der Waals surface area contributed by atoms with E-state index in [-0.39, 0.29) is 49.2 Å². The minimum absolute atomic E-state index is 0.0931. The molecule has 0 spiro atoms. The Morgan fingerprint density at radius 3 is 1.30 bits per heavy atom. The maximum Gasteiger partial charge on any atom is 0.243 e. The molecule has 1 heterocycles. The normalized spacial score (nSPS) is 16.2. The van der Waals surface area contributed by atoms with Gasteiger partial charge in [-0.05, 0) is 62.4 Å². The Labute approximate surface area is 272 Å². The van der Waals surface area contributed by atoms with Gasteiger partial charge in [-0.3, -0.25) is 0 Å². The van der Waals surface area contributed by atoms with Gasteiger partial charge in [0.25, 0.3) is 0 Å². The Kier molecular flexibility index (Phi) is 10.8. The third-order valence-corrected chi connectivity index (χ3v) is 11.5. The summed E-state index contributed by atoms with van der Waals surface area (Å²) in [4.78, 5) is 0.437. The van der Waals surface area contributed by atoms with E-state index in [2.05, 4.69) is 10.6 Å². The monoisotopic (exact) mass is 664 g/mol. The number of para-hydroxylation sites is 4. The predicted octanol–water partition coefficient (Wildman–Crippen LogP) is 4.98. The van der Waals surface area contributed by atoms with E-state index in [4.69, 9.17) is 9.47 Å². The van der Waals surface area contributed by atoms with Crippen LogP contribution in [0.2, 0.25) is 0 Å². The van der Waals surface area contributed by atoms with E-state index in [9.17, 15) is 16.8 Å². The second-order valence-electron chi connectivity index (χ2n) is 11.0. The van der Waals surface area contributed by atoms with Crippen molar-refractivity contribution in [3.8, 4) is 11.5 Å². The molecule has 4 aromatic carbocycles. The summed E-state index contributed by atoms with van der Waals surface area (Å²) in [7, 11) is -7.61. The van der Waals surface area contributed by atoms with Crippen molar-refractivity contribution < 1.29 is 26.3 Å². The topological polar surface area (TPSA) is 117 Å². The van der Waals surface area contributed by atoms with Gasteiger partial charge in [0, 0.05) is 39.3 Å². The largest absolute Gasteiger partial charge is 0.490 e. The number of aryl methyl sites for hydroxylation is 2. The number of rotatable bonds is 4. The van der Waals surface area contributed by atoms with Crippen molar-refractivity contribution in [2.24, 2.45) is 0 Å². The van der Waals surface area contributed by atoms with Crippen molar-refractivity contribution in [3.63, 3.8) is 0 Å². The highest BCUT2D eigenvalue weighted by molar-refractivity contribution is 7.89. The van der Waals surface area contributed by atoms with Gasteiger partial charge in [-0.15, -0.1) is 0 Å². The van der Waals surface area contributed by atoms with Crippen molar-refractivity contribution in [3.05, 3.63) is 108 Å². The first-order valence-electron chi connectivity index (χ1n) is 15.2. The second-order valence-corrected chi connectivity index (χ2v) is 14.9. The summed E-state index contributed by atoms with van der Waals surface area (Å²) in [6.45, 7) is 5.24. The van der Waals surface area contributed by atoms with E-state index in [0.717, 1.165) is 11.1 Å². The Hall–Kier alpha value is -4.10. The SMILES string of the molecule is Cc1ccc(S(=O)(=O)N2CCNc3ccccc3OCCN(S(=O)(=O)c3ccc(C)cc3)CCOc3ccccc3NCC2)cc1. The summed E-state index contributed by atoms with van der Waals surface area (Å²) >= 11 is 0. The maximum absolute atomic E-state index is 13.7. The highest BCUT2D eigenvalue weighted by Gasteiger charge is 2.26. The lowest BCUT2D eigenvalue weighted by atomic mass is 10.2. The highest BCUT2D eigenvalue weighted by atomic mass is 32.2. The lowest BCUT2D eigenvalue weighted by Gasteiger charge is -2.25. The molecule has 1 aliphatic rings. The molecule has 0 radical (unpaired) electrons. The number of fused-ring (bicyclic) bond motifs is 2. The quantitative estimate of drug-likeness (QED) is 0.314. The van der Waals surface area contributed by atoms with Gasteiger partial charge in [-0.1, -0.05) is 59.7 Å². The Morgan fingerprint density at radius 1 is 0.522 bits per heavy atom. The number of sulfonamides is 2. The van der Waals surface area contributed by atoms with E-state index in [1.165, 1.54) is 8.61 Å². The summed E-state index contributed by atoms with van der Waals surface area (Å²) in [5.41, 5.74) is 3.31. The number of hydrogen-bond donors (Lipinski definition) is 2. The van der Waals surface area contributed by atoms with Crippen LogP contribution in [-0.2, 0) is 20.0 Å². The molecule has 0 saturated carbocycles. The van der Waals surface area contributed by atoms with Gasteiger partial charge in [0.1, 0.15) is 24.7 Å². The fraction of sp³-hybridized carbons (Fsp3) is 0.294. The summed E-state index contributed by atoms with van der Waals surface area (Å²) in [6.07, 6.45) is 0. The predicted molar refractivity (Wildman–Crippen MR) is 181 cm³/mol. The van der Waals surface area contributed by atoms with Crippen LogP contribution in [0.3, 0.4) is 0 Å². The van der Waals surface area contributed by atoms with Gasteiger partial charge in [-0.2, -0.15) is 8.61 Å². The van der Waals surface area contributed by atoms with E-state index >= 15 is 0 Å². The molecule has 46 heavy (non-hydrogen) atoms. The zero-order valence-electron chi connectivity index (χ0n) is 26.1. The van der Waals surface area contributed by atoms with Crippen molar-refractivity contribution in [1.29, 1.82) is 0 Å². The van der Waals surface area contributed by atoms with Crippen molar-refractivity contribution in [2.75, 3.05) is 63.1 Å². The van der Waals surface area contributed by atoms with Crippen LogP contribution in [0.25, 0.3) is 0 Å². The summed E-state index contributed by atoms with van der Waals surface area (Å²) in [6, 6.07) is 28.3. The summed E-state index contributed by atoms with van der Waals surface area (Å²) < 4.78 is 69.8. The molecular formula is C34H40N4O6S2. The van der Waals surface area contributed by atoms with Gasteiger partial charge < -0.3 is 20.1 Å². The number of hydrogen-bond acceptors (Lipinski definition) is 8. The number of nitrogens with one attached hydrogen (secondary N) is 2. The van der Waals surface area contributed by atoms with Crippen LogP contribution in [0.5, 0.6) is 11.5 Å². The molecule has 2 N–H and O–H groups in total. The van der Waals surface area contributed by atoms with E-state index in [1.54, 1.807) is 60.7 Å². The first-order valence-corrected chi connectivity index (χ1v) is 18.1. The molecule has 0 atom stereocenters. The minimum atomic E-state index is -3.83. The molecule has 0 saturated heterocycles. The fourth-order valence-corrected chi connectivity index (χ4v) is 7.89. The van der Waals surface area contributed by atoms with Crippen LogP contribution in [0.1, 0.15) is 11.1 Å². The zero-order chi connectivity index (χ0) is 32.6. The average Bonchev–Trinajstić information content (AvgIpc) is 3.04. The zero-order valence-corrected chi connectivity index (χ0v) is 27.7. The highest BCUT2D eigenvalue weighted by Crippen LogP contribution is 2.26. The molecule has 0 amide bonds. The van der Waals surface area contributed by atoms with Crippen LogP contribution in [0.15, 0.2) is 107 Å². The molecule has 244 valence electrons. The van der Waals surface area contributed by atoms with Crippen LogP contribution >= 0.6 is 0 Å². The fourth-order valence-electron chi connectivity index (χ4n) is 5.05. The van der Waals surface area contributed by atoms with Gasteiger partial charge in [0.05, 0.1) is 21.2 Å². The van der Waals surface area contributed by atoms with Crippen LogP contribution < -0.4 is 20.1 Å². The standard InChI is InChI=1S/C34H40N4O6S2/c1-27-11-15-29(16-12-27)45(39,40)37-21-19-35-31-7-3-5-9-33(31)43-25-23-38(46(41,42)30-17-13-28(2)14-18-30)24-26-44-34-10-6-4-8-32(34)36-20-22-37/h3-18,35-36H,19-26H2,1-2H3. The number of nitrogens with zero attached hydrogens (tertiary/aromatic N) is 2. The van der Waals surface area contributed by atoms with Crippen molar-refractivity contribution in [1.82, 2.24) is 8.61 Å². The first-order chi connectivity index (χ1) is 22.1.